The largest absolute Gasteiger partial charge is 0.443 e. The lowest BCUT2D eigenvalue weighted by Crippen LogP contribution is -2.55. The van der Waals surface area contributed by atoms with Crippen molar-refractivity contribution in [3.8, 4) is 0 Å². The van der Waals surface area contributed by atoms with Gasteiger partial charge in [0.2, 0.25) is 5.91 Å². The number of carbonyl (C=O) groups excluding carboxylic acids is 2. The van der Waals surface area contributed by atoms with Crippen LogP contribution in [0.2, 0.25) is 0 Å². The molecule has 0 spiro atoms. The molecule has 2 aliphatic heterocycles. The number of amides is 2. The van der Waals surface area contributed by atoms with Crippen molar-refractivity contribution in [3.63, 3.8) is 0 Å². The zero-order chi connectivity index (χ0) is 14.0. The Kier molecular flexibility index (Phi) is 4.13. The van der Waals surface area contributed by atoms with Crippen LogP contribution in [0.1, 0.15) is 46.5 Å². The number of piperidine rings is 1. The van der Waals surface area contributed by atoms with Crippen LogP contribution in [0.15, 0.2) is 0 Å². The predicted molar refractivity (Wildman–Crippen MR) is 71.7 cm³/mol. The summed E-state index contributed by atoms with van der Waals surface area (Å²) in [7, 11) is 0. The van der Waals surface area contributed by atoms with Crippen LogP contribution in [0.25, 0.3) is 0 Å². The molecular formula is C14H24N2O3. The quantitative estimate of drug-likeness (QED) is 0.729. The van der Waals surface area contributed by atoms with Gasteiger partial charge in [-0.25, -0.2) is 9.69 Å². The van der Waals surface area contributed by atoms with E-state index in [4.69, 9.17) is 4.74 Å². The van der Waals surface area contributed by atoms with E-state index in [0.717, 1.165) is 25.8 Å². The first-order chi connectivity index (χ1) is 8.88. The summed E-state index contributed by atoms with van der Waals surface area (Å²) in [4.78, 5) is 25.9. The Morgan fingerprint density at radius 2 is 2.11 bits per heavy atom. The second-order valence-corrected chi connectivity index (χ2v) is 6.46. The van der Waals surface area contributed by atoms with Crippen molar-refractivity contribution in [2.75, 3.05) is 13.1 Å². The third-order valence-corrected chi connectivity index (χ3v) is 3.75. The second-order valence-electron chi connectivity index (χ2n) is 6.46. The first kappa shape index (κ1) is 14.3. The van der Waals surface area contributed by atoms with Gasteiger partial charge in [-0.1, -0.05) is 0 Å². The Labute approximate surface area is 114 Å². The van der Waals surface area contributed by atoms with E-state index in [-0.39, 0.29) is 11.9 Å². The highest BCUT2D eigenvalue weighted by molar-refractivity contribution is 5.92. The van der Waals surface area contributed by atoms with Gasteiger partial charge in [-0.05, 0) is 52.5 Å². The standard InChI is InChI=1S/C14H24N2O3/c1-14(2,3)19-13(18)16-11-9-15-8-7-10(11)5-4-6-12(16)17/h10-11,15H,4-9H2,1-3H3/t10-,11-/m1/s1. The molecule has 2 atom stereocenters. The summed E-state index contributed by atoms with van der Waals surface area (Å²) in [5, 5.41) is 3.28. The van der Waals surface area contributed by atoms with Crippen LogP contribution in [0, 0.1) is 5.92 Å². The molecule has 0 unspecified atom stereocenters. The Morgan fingerprint density at radius 3 is 2.79 bits per heavy atom. The van der Waals surface area contributed by atoms with Crippen LogP contribution in [0.5, 0.6) is 0 Å². The lowest BCUT2D eigenvalue weighted by molar-refractivity contribution is -0.132. The number of hydrogen-bond donors (Lipinski definition) is 1. The number of likely N-dealkylation sites (tertiary alicyclic amines) is 1. The fraction of sp³-hybridized carbons (Fsp3) is 0.857. The summed E-state index contributed by atoms with van der Waals surface area (Å²) in [5.41, 5.74) is -0.568. The van der Waals surface area contributed by atoms with Crippen molar-refractivity contribution in [2.45, 2.75) is 58.1 Å². The van der Waals surface area contributed by atoms with Crippen molar-refractivity contribution in [2.24, 2.45) is 5.92 Å². The van der Waals surface area contributed by atoms with Gasteiger partial charge in [0.05, 0.1) is 6.04 Å². The third kappa shape index (κ3) is 3.47. The van der Waals surface area contributed by atoms with Crippen LogP contribution in [0.4, 0.5) is 4.79 Å². The monoisotopic (exact) mass is 268 g/mol. The highest BCUT2D eigenvalue weighted by Crippen LogP contribution is 2.29. The molecule has 5 nitrogen and oxygen atoms in total. The number of nitrogens with zero attached hydrogens (tertiary/aromatic N) is 1. The Bertz CT molecular complexity index is 362. The molecule has 0 aromatic heterocycles. The third-order valence-electron chi connectivity index (χ3n) is 3.75. The minimum atomic E-state index is -0.568. The smallest absolute Gasteiger partial charge is 0.417 e. The lowest BCUT2D eigenvalue weighted by Gasteiger charge is -2.37. The summed E-state index contributed by atoms with van der Waals surface area (Å²) >= 11 is 0. The molecule has 2 aliphatic rings. The summed E-state index contributed by atoms with van der Waals surface area (Å²) in [5.74, 6) is 0.325. The van der Waals surface area contributed by atoms with E-state index in [0.29, 0.717) is 18.9 Å². The first-order valence-electron chi connectivity index (χ1n) is 7.14. The molecule has 2 rings (SSSR count). The molecule has 19 heavy (non-hydrogen) atoms. The van der Waals surface area contributed by atoms with Crippen molar-refractivity contribution in [3.05, 3.63) is 0 Å². The van der Waals surface area contributed by atoms with E-state index in [9.17, 15) is 9.59 Å². The molecule has 0 radical (unpaired) electrons. The highest BCUT2D eigenvalue weighted by atomic mass is 16.6. The van der Waals surface area contributed by atoms with Crippen LogP contribution in [0.3, 0.4) is 0 Å². The molecule has 1 N–H and O–H groups in total. The molecule has 0 aliphatic carbocycles. The summed E-state index contributed by atoms with van der Waals surface area (Å²) in [6, 6.07) is -0.0430. The molecular weight excluding hydrogens is 244 g/mol. The maximum absolute atomic E-state index is 12.3. The SMILES string of the molecule is CC(C)(C)OC(=O)N1C(=O)CCC[C@@H]2CCNC[C@H]21. The van der Waals surface area contributed by atoms with Crippen LogP contribution in [-0.2, 0) is 9.53 Å². The fourth-order valence-corrected chi connectivity index (χ4v) is 2.90. The molecule has 0 bridgehead atoms. The molecule has 108 valence electrons. The van der Waals surface area contributed by atoms with E-state index >= 15 is 0 Å². The first-order valence-corrected chi connectivity index (χ1v) is 7.14. The van der Waals surface area contributed by atoms with E-state index in [2.05, 4.69) is 5.32 Å². The van der Waals surface area contributed by atoms with Crippen molar-refractivity contribution in [1.29, 1.82) is 0 Å². The van der Waals surface area contributed by atoms with E-state index < -0.39 is 11.7 Å². The van der Waals surface area contributed by atoms with Gasteiger partial charge >= 0.3 is 6.09 Å². The number of imide groups is 1. The predicted octanol–water partition coefficient (Wildman–Crippen LogP) is 1.91. The summed E-state index contributed by atoms with van der Waals surface area (Å²) < 4.78 is 5.39. The number of ether oxygens (including phenoxy) is 1. The van der Waals surface area contributed by atoms with E-state index in [1.54, 1.807) is 0 Å². The number of carbonyl (C=O) groups is 2. The lowest BCUT2D eigenvalue weighted by atomic mass is 9.89. The summed E-state index contributed by atoms with van der Waals surface area (Å²) in [6.07, 6.45) is 2.89. The molecule has 2 saturated heterocycles. The minimum Gasteiger partial charge on any atom is -0.443 e. The van der Waals surface area contributed by atoms with Gasteiger partial charge < -0.3 is 10.1 Å². The summed E-state index contributed by atoms with van der Waals surface area (Å²) in [6.45, 7) is 7.13. The maximum atomic E-state index is 12.3. The van der Waals surface area contributed by atoms with Crippen molar-refractivity contribution >= 4 is 12.0 Å². The fourth-order valence-electron chi connectivity index (χ4n) is 2.90. The van der Waals surface area contributed by atoms with Crippen LogP contribution in [-0.4, -0.2) is 41.6 Å². The average molecular weight is 268 g/mol. The Hall–Kier alpha value is -1.10. The zero-order valence-corrected chi connectivity index (χ0v) is 12.1. The molecule has 2 heterocycles. The Morgan fingerprint density at radius 1 is 1.37 bits per heavy atom. The van der Waals surface area contributed by atoms with Crippen LogP contribution >= 0.6 is 0 Å². The topological polar surface area (TPSA) is 58.6 Å². The molecule has 5 heteroatoms. The van der Waals surface area contributed by atoms with Crippen LogP contribution < -0.4 is 5.32 Å². The van der Waals surface area contributed by atoms with Gasteiger partial charge in [0, 0.05) is 13.0 Å². The number of fused-ring (bicyclic) bond motifs is 1. The van der Waals surface area contributed by atoms with E-state index in [1.165, 1.54) is 4.90 Å². The number of rotatable bonds is 0. The second kappa shape index (κ2) is 5.49. The normalized spacial score (nSPS) is 28.6. The molecule has 2 amide bonds. The van der Waals surface area contributed by atoms with Crippen molar-refractivity contribution < 1.29 is 14.3 Å². The molecule has 0 saturated carbocycles. The number of nitrogens with one attached hydrogen (secondary N) is 1. The van der Waals surface area contributed by atoms with Gasteiger partial charge in [0.1, 0.15) is 5.60 Å². The maximum Gasteiger partial charge on any atom is 0.417 e. The average Bonchev–Trinajstić information content (AvgIpc) is 2.44. The van der Waals surface area contributed by atoms with E-state index in [1.807, 2.05) is 20.8 Å². The number of hydrogen-bond acceptors (Lipinski definition) is 4. The van der Waals surface area contributed by atoms with Gasteiger partial charge in [-0.3, -0.25) is 4.79 Å². The molecule has 2 fully saturated rings. The van der Waals surface area contributed by atoms with Gasteiger partial charge in [-0.2, -0.15) is 0 Å². The molecule has 0 aromatic rings. The van der Waals surface area contributed by atoms with Gasteiger partial charge in [0.15, 0.2) is 0 Å². The minimum absolute atomic E-state index is 0.0430. The van der Waals surface area contributed by atoms with Crippen molar-refractivity contribution in [1.82, 2.24) is 10.2 Å². The molecule has 0 aromatic carbocycles. The zero-order valence-electron chi connectivity index (χ0n) is 12.1. The van der Waals surface area contributed by atoms with Gasteiger partial charge in [-0.15, -0.1) is 0 Å². The van der Waals surface area contributed by atoms with Gasteiger partial charge in [0.25, 0.3) is 0 Å². The Balaban J connectivity index is 2.17. The highest BCUT2D eigenvalue weighted by Gasteiger charge is 2.40.